The molecule has 1 radical (unpaired) electrons. The van der Waals surface area contributed by atoms with Gasteiger partial charge in [-0.1, -0.05) is 135 Å². The van der Waals surface area contributed by atoms with Gasteiger partial charge in [-0.3, -0.25) is 9.78 Å². The smallest absolute Gasteiger partial charge is 0.164 e. The number of ketones is 1. The van der Waals surface area contributed by atoms with Crippen LogP contribution in [0, 0.1) is 34.7 Å². The summed E-state index contributed by atoms with van der Waals surface area (Å²) >= 11 is 1.94. The van der Waals surface area contributed by atoms with Crippen LogP contribution in [0.1, 0.15) is 125 Å². The molecule has 1 aromatic heterocycles. The van der Waals surface area contributed by atoms with E-state index >= 15 is 0 Å². The van der Waals surface area contributed by atoms with Gasteiger partial charge in [0.1, 0.15) is 5.76 Å². The van der Waals surface area contributed by atoms with Gasteiger partial charge in [-0.25, -0.2) is 0 Å². The van der Waals surface area contributed by atoms with Crippen molar-refractivity contribution in [3.8, 4) is 11.3 Å². The summed E-state index contributed by atoms with van der Waals surface area (Å²) in [6, 6.07) is 22.2. The molecule has 54 heavy (non-hydrogen) atoms. The number of hydrogen-bond donors (Lipinski definition) is 1. The Bertz CT molecular complexity index is 2190. The fourth-order valence-electron chi connectivity index (χ4n) is 7.35. The first-order valence-electron chi connectivity index (χ1n) is 19.7. The second-order valence-corrected chi connectivity index (χ2v) is 19.4. The molecule has 5 aromatic rings. The third-order valence-corrected chi connectivity index (χ3v) is 12.9. The summed E-state index contributed by atoms with van der Waals surface area (Å²) < 4.78 is 0. The molecule has 1 aliphatic rings. The number of nitrogens with zero attached hydrogens (tertiary/aromatic N) is 1. The predicted octanol–water partition coefficient (Wildman–Crippen LogP) is 14.6. The van der Waals surface area contributed by atoms with Gasteiger partial charge in [0.15, 0.2) is 5.78 Å². The molecule has 2 heterocycles. The van der Waals surface area contributed by atoms with E-state index in [-0.39, 0.29) is 53.3 Å². The number of allylic oxidation sites excluding steroid dienone is 2. The first-order valence-corrected chi connectivity index (χ1v) is 20.5. The average molecular weight is 921 g/mol. The number of aromatic nitrogens is 1. The molecule has 0 saturated carbocycles. The summed E-state index contributed by atoms with van der Waals surface area (Å²) in [6.07, 6.45) is 8.82. The molecule has 0 spiro atoms. The predicted molar refractivity (Wildman–Crippen MR) is 229 cm³/mol. The van der Waals surface area contributed by atoms with Gasteiger partial charge in [-0.15, -0.1) is 29.3 Å². The van der Waals surface area contributed by atoms with Gasteiger partial charge in [-0.05, 0) is 100 Å². The summed E-state index contributed by atoms with van der Waals surface area (Å²) in [5.41, 5.74) is 6.19. The zero-order valence-corrected chi connectivity index (χ0v) is 38.3. The van der Waals surface area contributed by atoms with Gasteiger partial charge in [0, 0.05) is 53.8 Å². The van der Waals surface area contributed by atoms with Crippen molar-refractivity contribution in [3.05, 3.63) is 89.3 Å². The standard InChI is InChI=1S/C34H34NS.C15H28O2.Ir/c1-20-8-10-25-23(14-20)17-27-30-29-22(12-13-35-30)16-24-15-21(18-33(2,3)4)9-11-26(24)32(29)36-31(27)28(25)19-34(5,6)7;1-7-14(5,8-2)12(16)11-13(17)15(6,9-3)10-4;/h8-16H,18-19H2,1-7H3;11,16H,7-10H2,1-6H3;/q-1;;/b;12-11-;. The maximum Gasteiger partial charge on any atom is 0.164 e. The van der Waals surface area contributed by atoms with E-state index in [0.29, 0.717) is 0 Å². The van der Waals surface area contributed by atoms with Crippen molar-refractivity contribution in [1.82, 2.24) is 4.98 Å². The fourth-order valence-corrected chi connectivity index (χ4v) is 8.73. The van der Waals surface area contributed by atoms with Crippen LogP contribution in [0.4, 0.5) is 0 Å². The van der Waals surface area contributed by atoms with Crippen molar-refractivity contribution in [2.24, 2.45) is 21.7 Å². The monoisotopic (exact) mass is 921 g/mol. The van der Waals surface area contributed by atoms with Gasteiger partial charge < -0.3 is 5.11 Å². The van der Waals surface area contributed by atoms with Gasteiger partial charge in [0.2, 0.25) is 0 Å². The Hall–Kier alpha value is -2.98. The van der Waals surface area contributed by atoms with Crippen molar-refractivity contribution >= 4 is 49.9 Å². The van der Waals surface area contributed by atoms with Crippen LogP contribution in [-0.4, -0.2) is 15.9 Å². The van der Waals surface area contributed by atoms with Crippen molar-refractivity contribution < 1.29 is 30.0 Å². The minimum absolute atomic E-state index is 0. The molecule has 0 bridgehead atoms. The van der Waals surface area contributed by atoms with Gasteiger partial charge >= 0.3 is 0 Å². The number of carbonyl (C=O) groups is 1. The van der Waals surface area contributed by atoms with Crippen LogP contribution in [0.2, 0.25) is 0 Å². The largest absolute Gasteiger partial charge is 0.512 e. The normalized spacial score (nSPS) is 13.4. The number of aryl methyl sites for hydroxylation is 1. The molecular weight excluding hydrogens is 859 g/mol. The molecule has 0 amide bonds. The van der Waals surface area contributed by atoms with E-state index in [1.807, 2.05) is 59.5 Å². The fraction of sp³-hybridized carbons (Fsp3) is 0.469. The Morgan fingerprint density at radius 3 is 1.96 bits per heavy atom. The summed E-state index contributed by atoms with van der Waals surface area (Å²) in [6.45, 7) is 28.2. The number of aliphatic hydroxyl groups is 1. The van der Waals surface area contributed by atoms with Crippen LogP contribution in [0.3, 0.4) is 0 Å². The third kappa shape index (κ3) is 9.17. The quantitative estimate of drug-likeness (QED) is 0.0679. The molecule has 0 fully saturated rings. The molecule has 0 unspecified atom stereocenters. The molecular formula is C49H62IrNO2S-. The molecule has 1 N–H and O–H groups in total. The second-order valence-electron chi connectivity index (χ2n) is 18.4. The molecule has 0 saturated heterocycles. The Morgan fingerprint density at radius 1 is 0.759 bits per heavy atom. The maximum atomic E-state index is 12.2. The van der Waals surface area contributed by atoms with E-state index in [2.05, 4.69) is 103 Å². The molecule has 291 valence electrons. The van der Waals surface area contributed by atoms with E-state index < -0.39 is 0 Å². The van der Waals surface area contributed by atoms with Crippen LogP contribution in [0.5, 0.6) is 0 Å². The van der Waals surface area contributed by atoms with E-state index in [9.17, 15) is 9.90 Å². The summed E-state index contributed by atoms with van der Waals surface area (Å²) in [5.74, 6) is 0.286. The topological polar surface area (TPSA) is 50.2 Å². The number of benzene rings is 4. The number of carbonyl (C=O) groups excluding carboxylic acids is 1. The summed E-state index contributed by atoms with van der Waals surface area (Å²) in [4.78, 5) is 19.8. The third-order valence-electron chi connectivity index (χ3n) is 11.6. The molecule has 5 heteroatoms. The summed E-state index contributed by atoms with van der Waals surface area (Å²) in [7, 11) is 0. The van der Waals surface area contributed by atoms with Gasteiger partial charge in [0.05, 0.1) is 0 Å². The number of hydrogen-bond acceptors (Lipinski definition) is 4. The zero-order chi connectivity index (χ0) is 39.1. The Labute approximate surface area is 343 Å². The SMILES string of the molecule is CCC(C)(CC)C(=O)/C=C(\O)C(C)(CC)CC.Cc1ccc2c(CC(C)(C)C)c3c([c-]c2c1)-c1nccc2cc4cc(CC(C)(C)C)ccc4c(c12)S3.[Ir]. The van der Waals surface area contributed by atoms with Crippen molar-refractivity contribution in [3.63, 3.8) is 0 Å². The maximum absolute atomic E-state index is 12.2. The zero-order valence-electron chi connectivity index (χ0n) is 35.1. The van der Waals surface area contributed by atoms with Crippen LogP contribution in [0.15, 0.2) is 76.4 Å². The molecule has 3 nitrogen and oxygen atoms in total. The molecule has 1 aliphatic heterocycles. The van der Waals surface area contributed by atoms with Gasteiger partial charge in [-0.2, -0.15) is 0 Å². The Balaban J connectivity index is 0.000000309. The molecule has 0 atom stereocenters. The number of fused-ring (bicyclic) bond motifs is 5. The summed E-state index contributed by atoms with van der Waals surface area (Å²) in [5, 5.41) is 17.9. The number of aliphatic hydroxyl groups excluding tert-OH is 1. The van der Waals surface area contributed by atoms with Crippen LogP contribution < -0.4 is 0 Å². The minimum Gasteiger partial charge on any atom is -0.512 e. The molecule has 0 aliphatic carbocycles. The van der Waals surface area contributed by atoms with Crippen LogP contribution in [-0.2, 0) is 37.7 Å². The van der Waals surface area contributed by atoms with E-state index in [4.69, 9.17) is 4.98 Å². The van der Waals surface area contributed by atoms with Gasteiger partial charge in [0.25, 0.3) is 0 Å². The van der Waals surface area contributed by atoms with E-state index in [1.165, 1.54) is 70.4 Å². The van der Waals surface area contributed by atoms with Crippen molar-refractivity contribution in [2.75, 3.05) is 0 Å². The Kier molecular flexibility index (Phi) is 13.5. The van der Waals surface area contributed by atoms with Crippen molar-refractivity contribution in [1.29, 1.82) is 0 Å². The van der Waals surface area contributed by atoms with E-state index in [0.717, 1.165) is 44.2 Å². The Morgan fingerprint density at radius 2 is 1.37 bits per heavy atom. The first-order chi connectivity index (χ1) is 24.8. The minimum atomic E-state index is -0.337. The molecule has 6 rings (SSSR count). The molecule has 4 aromatic carbocycles. The average Bonchev–Trinajstić information content (AvgIpc) is 3.09. The van der Waals surface area contributed by atoms with Crippen molar-refractivity contribution in [2.45, 2.75) is 138 Å². The second kappa shape index (κ2) is 16.6. The van der Waals surface area contributed by atoms with Crippen LogP contribution in [0.25, 0.3) is 43.6 Å². The van der Waals surface area contributed by atoms with E-state index in [1.54, 1.807) is 0 Å². The van der Waals surface area contributed by atoms with Crippen LogP contribution >= 0.6 is 11.8 Å². The first kappa shape index (κ1) is 43.7. The number of pyridine rings is 1. The number of rotatable bonds is 9.